The molecule has 0 saturated heterocycles. The Morgan fingerprint density at radius 3 is 1.50 bits per heavy atom. The average Bonchev–Trinajstić information content (AvgIpc) is 3.69. The van der Waals surface area contributed by atoms with Crippen molar-refractivity contribution < 1.29 is 0 Å². The van der Waals surface area contributed by atoms with Gasteiger partial charge in [-0.05, 0) is 156 Å². The second kappa shape index (κ2) is 15.6. The first-order chi connectivity index (χ1) is 32.7. The van der Waals surface area contributed by atoms with Crippen LogP contribution < -0.4 is 4.90 Å². The lowest BCUT2D eigenvalue weighted by atomic mass is 9.67. The molecule has 2 aliphatic carbocycles. The number of benzene rings is 11. The molecule has 0 aromatic heterocycles. The lowest BCUT2D eigenvalue weighted by Gasteiger charge is -2.35. The molecule has 0 amide bonds. The highest BCUT2D eigenvalue weighted by Gasteiger charge is 2.47. The van der Waals surface area contributed by atoms with Gasteiger partial charge in [-0.25, -0.2) is 0 Å². The van der Waals surface area contributed by atoms with Gasteiger partial charge in [-0.3, -0.25) is 0 Å². The Kier molecular flexibility index (Phi) is 9.10. The van der Waals surface area contributed by atoms with Crippen LogP contribution in [0, 0.1) is 0 Å². The summed E-state index contributed by atoms with van der Waals surface area (Å²) in [5.74, 6) is 0. The van der Waals surface area contributed by atoms with E-state index in [1.54, 1.807) is 0 Å². The zero-order valence-electron chi connectivity index (χ0n) is 36.8. The highest BCUT2D eigenvalue weighted by atomic mass is 15.1. The summed E-state index contributed by atoms with van der Waals surface area (Å²) >= 11 is 0. The maximum Gasteiger partial charge on any atom is 0.0714 e. The van der Waals surface area contributed by atoms with Gasteiger partial charge in [-0.15, -0.1) is 0 Å². The number of aryl methyl sites for hydroxylation is 2. The molecule has 0 saturated carbocycles. The van der Waals surface area contributed by atoms with Crippen molar-refractivity contribution in [3.05, 3.63) is 270 Å². The number of para-hydroxylation sites is 1. The quantitative estimate of drug-likeness (QED) is 0.145. The van der Waals surface area contributed by atoms with Crippen LogP contribution in [0.5, 0.6) is 0 Å². The first-order valence-electron chi connectivity index (χ1n) is 23.5. The van der Waals surface area contributed by atoms with Gasteiger partial charge in [-0.1, -0.05) is 200 Å². The second-order valence-corrected chi connectivity index (χ2v) is 18.2. The van der Waals surface area contributed by atoms with Crippen LogP contribution in [0.15, 0.2) is 237 Å². The van der Waals surface area contributed by atoms with Crippen LogP contribution in [-0.4, -0.2) is 0 Å². The third-order valence-corrected chi connectivity index (χ3v) is 14.7. The first kappa shape index (κ1) is 38.5. The molecule has 1 heteroatoms. The van der Waals surface area contributed by atoms with Crippen LogP contribution in [0.2, 0.25) is 0 Å². The van der Waals surface area contributed by atoms with Gasteiger partial charge in [0.1, 0.15) is 0 Å². The molecule has 0 fully saturated rings. The monoisotopic (exact) mass is 841 g/mol. The Morgan fingerprint density at radius 2 is 0.833 bits per heavy atom. The molecule has 0 heterocycles. The molecule has 0 spiro atoms. The molecular weight excluding hydrogens is 795 g/mol. The van der Waals surface area contributed by atoms with E-state index in [9.17, 15) is 0 Å². The molecule has 0 radical (unpaired) electrons. The van der Waals surface area contributed by atoms with Gasteiger partial charge in [0.15, 0.2) is 0 Å². The molecule has 2 aliphatic rings. The summed E-state index contributed by atoms with van der Waals surface area (Å²) in [6, 6.07) is 88.8. The molecule has 0 atom stereocenters. The summed E-state index contributed by atoms with van der Waals surface area (Å²) in [5, 5.41) is 7.59. The predicted octanol–water partition coefficient (Wildman–Crippen LogP) is 17.2. The van der Waals surface area contributed by atoms with Gasteiger partial charge in [0.25, 0.3) is 0 Å². The minimum atomic E-state index is -0.557. The fourth-order valence-corrected chi connectivity index (χ4v) is 11.7. The van der Waals surface area contributed by atoms with Crippen molar-refractivity contribution in [1.82, 2.24) is 0 Å². The van der Waals surface area contributed by atoms with Crippen molar-refractivity contribution in [3.63, 3.8) is 0 Å². The van der Waals surface area contributed by atoms with Crippen LogP contribution in [0.3, 0.4) is 0 Å². The van der Waals surface area contributed by atoms with Gasteiger partial charge >= 0.3 is 0 Å². The first-order valence-corrected chi connectivity index (χ1v) is 23.5. The number of fused-ring (bicyclic) bond motifs is 10. The standard InChI is InChI=1S/C65H47N/c1-4-20-49(21-5-1)65(50-22-6-2-7-23-50)62-31-17-16-30-58(62)61-42-59(46-35-32-45(33-36-46)48-37-34-44-18-10-11-19-47(44)40-48)64(43-63(61)65)66(51-24-8-3-9-25-51)52-38-39-57-55-28-13-12-26-53(55)54-27-14-15-29-56(54)60(57)41-52/h1-9,12-17,20-43H,10-11,18-19H2. The molecule has 0 aliphatic heterocycles. The van der Waals surface area contributed by atoms with E-state index in [1.165, 1.54) is 125 Å². The van der Waals surface area contributed by atoms with Crippen LogP contribution >= 0.6 is 0 Å². The summed E-state index contributed by atoms with van der Waals surface area (Å²) in [6.45, 7) is 0. The Balaban J connectivity index is 1.11. The van der Waals surface area contributed by atoms with Crippen molar-refractivity contribution in [3.8, 4) is 33.4 Å². The minimum Gasteiger partial charge on any atom is -0.310 e. The predicted molar refractivity (Wildman–Crippen MR) is 278 cm³/mol. The van der Waals surface area contributed by atoms with E-state index in [4.69, 9.17) is 0 Å². The lowest BCUT2D eigenvalue weighted by Crippen LogP contribution is -2.28. The molecule has 0 N–H and O–H groups in total. The normalized spacial score (nSPS) is 13.6. The molecule has 1 nitrogen and oxygen atoms in total. The summed E-state index contributed by atoms with van der Waals surface area (Å²) in [5.41, 5.74) is 18.4. The van der Waals surface area contributed by atoms with Crippen molar-refractivity contribution in [1.29, 1.82) is 0 Å². The third-order valence-electron chi connectivity index (χ3n) is 14.7. The summed E-state index contributed by atoms with van der Waals surface area (Å²) in [6.07, 6.45) is 4.93. The van der Waals surface area contributed by atoms with Gasteiger partial charge in [0.05, 0.1) is 11.1 Å². The molecule has 13 rings (SSSR count). The van der Waals surface area contributed by atoms with Crippen LogP contribution in [0.25, 0.3) is 65.7 Å². The molecule has 0 unspecified atom stereocenters. The van der Waals surface area contributed by atoms with Crippen LogP contribution in [0.4, 0.5) is 17.1 Å². The van der Waals surface area contributed by atoms with E-state index in [0.717, 1.165) is 17.1 Å². The highest BCUT2D eigenvalue weighted by Crippen LogP contribution is 2.59. The fourth-order valence-electron chi connectivity index (χ4n) is 11.7. The molecular formula is C65H47N. The molecule has 312 valence electrons. The van der Waals surface area contributed by atoms with Crippen LogP contribution in [0.1, 0.15) is 46.2 Å². The van der Waals surface area contributed by atoms with Crippen molar-refractivity contribution in [2.45, 2.75) is 31.1 Å². The largest absolute Gasteiger partial charge is 0.310 e. The zero-order valence-corrected chi connectivity index (χ0v) is 36.8. The Bertz CT molecular complexity index is 3550. The second-order valence-electron chi connectivity index (χ2n) is 18.2. The number of rotatable bonds is 7. The van der Waals surface area contributed by atoms with E-state index in [-0.39, 0.29) is 0 Å². The summed E-state index contributed by atoms with van der Waals surface area (Å²) in [4.78, 5) is 2.51. The zero-order chi connectivity index (χ0) is 43.6. The number of hydrogen-bond acceptors (Lipinski definition) is 1. The fraction of sp³-hybridized carbons (Fsp3) is 0.0769. The summed E-state index contributed by atoms with van der Waals surface area (Å²) < 4.78 is 0. The maximum absolute atomic E-state index is 2.54. The minimum absolute atomic E-state index is 0.557. The van der Waals surface area contributed by atoms with E-state index in [2.05, 4.69) is 241 Å². The number of hydrogen-bond donors (Lipinski definition) is 0. The van der Waals surface area contributed by atoms with E-state index >= 15 is 0 Å². The molecule has 0 bridgehead atoms. The maximum atomic E-state index is 2.54. The molecule has 66 heavy (non-hydrogen) atoms. The third kappa shape index (κ3) is 6.00. The highest BCUT2D eigenvalue weighted by molar-refractivity contribution is 6.26. The van der Waals surface area contributed by atoms with E-state index in [0.29, 0.717) is 0 Å². The SMILES string of the molecule is c1ccc(N(c2ccc3c4ccccc4c4ccccc4c3c2)c2cc3c(cc2-c2ccc(-c4ccc5c(c4)CCCC5)cc2)-c2ccccc2C3(c2ccccc2)c2ccccc2)cc1. The van der Waals surface area contributed by atoms with Gasteiger partial charge < -0.3 is 4.90 Å². The van der Waals surface area contributed by atoms with Crippen molar-refractivity contribution in [2.24, 2.45) is 0 Å². The van der Waals surface area contributed by atoms with E-state index < -0.39 is 5.41 Å². The molecule has 11 aromatic carbocycles. The van der Waals surface area contributed by atoms with Crippen molar-refractivity contribution >= 4 is 49.4 Å². The van der Waals surface area contributed by atoms with Crippen molar-refractivity contribution in [2.75, 3.05) is 4.90 Å². The van der Waals surface area contributed by atoms with E-state index in [1.807, 2.05) is 0 Å². The lowest BCUT2D eigenvalue weighted by molar-refractivity contribution is 0.686. The Morgan fingerprint density at radius 1 is 0.303 bits per heavy atom. The van der Waals surface area contributed by atoms with Gasteiger partial charge in [-0.2, -0.15) is 0 Å². The Labute approximate surface area is 386 Å². The topological polar surface area (TPSA) is 3.24 Å². The van der Waals surface area contributed by atoms with Gasteiger partial charge in [0.2, 0.25) is 0 Å². The molecule has 11 aromatic rings. The van der Waals surface area contributed by atoms with Gasteiger partial charge in [0, 0.05) is 16.9 Å². The Hall–Kier alpha value is -8.00. The number of nitrogens with zero attached hydrogens (tertiary/aromatic N) is 1. The summed E-state index contributed by atoms with van der Waals surface area (Å²) in [7, 11) is 0. The smallest absolute Gasteiger partial charge is 0.0714 e. The average molecular weight is 842 g/mol. The van der Waals surface area contributed by atoms with Crippen LogP contribution in [-0.2, 0) is 18.3 Å². The number of anilines is 3.